The zero-order valence-corrected chi connectivity index (χ0v) is 11.6. The molecule has 0 aromatic carbocycles. The summed E-state index contributed by atoms with van der Waals surface area (Å²) in [4.78, 5) is 4.16. The Labute approximate surface area is 109 Å². The minimum Gasteiger partial charge on any atom is -0.320 e. The summed E-state index contributed by atoms with van der Waals surface area (Å²) in [6.45, 7) is 5.04. The molecule has 1 aromatic rings. The number of rotatable bonds is 6. The third kappa shape index (κ3) is 4.41. The Morgan fingerprint density at radius 3 is 2.88 bits per heavy atom. The van der Waals surface area contributed by atoms with Crippen LogP contribution in [-0.4, -0.2) is 38.1 Å². The monoisotopic (exact) mass is 252 g/mol. The molecule has 17 heavy (non-hydrogen) atoms. The summed E-state index contributed by atoms with van der Waals surface area (Å²) >= 11 is 1.89. The van der Waals surface area contributed by atoms with Crippen molar-refractivity contribution < 1.29 is 0 Å². The molecule has 1 fully saturated rings. The fourth-order valence-corrected chi connectivity index (χ4v) is 3.27. The van der Waals surface area contributed by atoms with Crippen LogP contribution in [0.3, 0.4) is 0 Å². The summed E-state index contributed by atoms with van der Waals surface area (Å²) in [5.74, 6) is 0.959. The van der Waals surface area contributed by atoms with E-state index in [1.807, 2.05) is 11.3 Å². The van der Waals surface area contributed by atoms with Crippen molar-refractivity contribution in [3.63, 3.8) is 0 Å². The van der Waals surface area contributed by atoms with Gasteiger partial charge in [0.05, 0.1) is 0 Å². The topological polar surface area (TPSA) is 15.3 Å². The van der Waals surface area contributed by atoms with Gasteiger partial charge in [-0.05, 0) is 69.7 Å². The quantitative estimate of drug-likeness (QED) is 0.837. The largest absolute Gasteiger partial charge is 0.320 e. The summed E-state index contributed by atoms with van der Waals surface area (Å²) in [5, 5.41) is 5.44. The van der Waals surface area contributed by atoms with Gasteiger partial charge in [0.2, 0.25) is 0 Å². The summed E-state index contributed by atoms with van der Waals surface area (Å²) in [6, 6.07) is 4.41. The van der Waals surface area contributed by atoms with Gasteiger partial charge in [0.1, 0.15) is 0 Å². The van der Waals surface area contributed by atoms with Crippen molar-refractivity contribution in [3.8, 4) is 0 Å². The molecule has 0 unspecified atom stereocenters. The molecular formula is C14H24N2S. The maximum Gasteiger partial charge on any atom is 0.00579 e. The lowest BCUT2D eigenvalue weighted by atomic mass is 9.93. The maximum atomic E-state index is 3.26. The van der Waals surface area contributed by atoms with Crippen LogP contribution in [0.25, 0.3) is 0 Å². The number of hydrogen-bond donors (Lipinski definition) is 1. The van der Waals surface area contributed by atoms with Crippen molar-refractivity contribution >= 4 is 11.3 Å². The fourth-order valence-electron chi connectivity index (χ4n) is 2.57. The number of nitrogens with one attached hydrogen (secondary N) is 1. The molecule has 1 N–H and O–H groups in total. The van der Waals surface area contributed by atoms with Crippen LogP contribution < -0.4 is 5.32 Å². The lowest BCUT2D eigenvalue weighted by Gasteiger charge is -2.31. The average Bonchev–Trinajstić information content (AvgIpc) is 2.88. The van der Waals surface area contributed by atoms with Gasteiger partial charge in [-0.1, -0.05) is 6.07 Å². The number of likely N-dealkylation sites (tertiary alicyclic amines) is 1. The van der Waals surface area contributed by atoms with Crippen molar-refractivity contribution in [2.24, 2.45) is 5.92 Å². The molecule has 2 rings (SSSR count). The van der Waals surface area contributed by atoms with Crippen LogP contribution in [0, 0.1) is 5.92 Å². The van der Waals surface area contributed by atoms with Crippen LogP contribution in [0.15, 0.2) is 17.5 Å². The van der Waals surface area contributed by atoms with Gasteiger partial charge in [-0.15, -0.1) is 11.3 Å². The lowest BCUT2D eigenvalue weighted by Crippen LogP contribution is -2.35. The minimum atomic E-state index is 0.959. The predicted octanol–water partition coefficient (Wildman–Crippen LogP) is 2.61. The molecule has 1 aromatic heterocycles. The zero-order chi connectivity index (χ0) is 11.9. The minimum absolute atomic E-state index is 0.959. The molecule has 2 nitrogen and oxygen atoms in total. The zero-order valence-electron chi connectivity index (χ0n) is 10.8. The van der Waals surface area contributed by atoms with E-state index in [0.29, 0.717) is 0 Å². The van der Waals surface area contributed by atoms with E-state index in [-0.39, 0.29) is 0 Å². The summed E-state index contributed by atoms with van der Waals surface area (Å²) in [6.07, 6.45) is 5.38. The van der Waals surface area contributed by atoms with Crippen LogP contribution in [0.1, 0.15) is 24.1 Å². The van der Waals surface area contributed by atoms with Gasteiger partial charge in [-0.3, -0.25) is 0 Å². The SMILES string of the molecule is CNCCC1CCN(CCc2cccs2)CC1. The van der Waals surface area contributed by atoms with E-state index in [1.165, 1.54) is 56.7 Å². The smallest absolute Gasteiger partial charge is 0.00579 e. The van der Waals surface area contributed by atoms with E-state index in [4.69, 9.17) is 0 Å². The molecular weight excluding hydrogens is 228 g/mol. The number of hydrogen-bond acceptors (Lipinski definition) is 3. The molecule has 0 atom stereocenters. The van der Waals surface area contributed by atoms with E-state index in [1.54, 1.807) is 0 Å². The van der Waals surface area contributed by atoms with E-state index in [0.717, 1.165) is 5.92 Å². The Morgan fingerprint density at radius 1 is 1.41 bits per heavy atom. The van der Waals surface area contributed by atoms with Crippen molar-refractivity contribution in [2.45, 2.75) is 25.7 Å². The first-order chi connectivity index (χ1) is 8.38. The molecule has 0 spiro atoms. The highest BCUT2D eigenvalue weighted by molar-refractivity contribution is 7.09. The standard InChI is InChI=1S/C14H24N2S/c1-15-8-4-13-5-9-16(10-6-13)11-7-14-3-2-12-17-14/h2-3,12-13,15H,4-11H2,1H3. The third-order valence-electron chi connectivity index (χ3n) is 3.76. The highest BCUT2D eigenvalue weighted by Crippen LogP contribution is 2.20. The van der Waals surface area contributed by atoms with Gasteiger partial charge in [0.15, 0.2) is 0 Å². The molecule has 1 saturated heterocycles. The normalized spacial score (nSPS) is 18.6. The first-order valence-electron chi connectivity index (χ1n) is 6.78. The van der Waals surface area contributed by atoms with Crippen LogP contribution in [0.5, 0.6) is 0 Å². The van der Waals surface area contributed by atoms with E-state index in [2.05, 4.69) is 34.8 Å². The molecule has 0 amide bonds. The Balaban J connectivity index is 1.62. The fraction of sp³-hybridized carbons (Fsp3) is 0.714. The second-order valence-corrected chi connectivity index (χ2v) is 6.04. The average molecular weight is 252 g/mol. The first kappa shape index (κ1) is 13.1. The van der Waals surface area contributed by atoms with Gasteiger partial charge in [-0.2, -0.15) is 0 Å². The first-order valence-corrected chi connectivity index (χ1v) is 7.66. The van der Waals surface area contributed by atoms with Crippen molar-refractivity contribution in [3.05, 3.63) is 22.4 Å². The van der Waals surface area contributed by atoms with Gasteiger partial charge in [0, 0.05) is 11.4 Å². The number of thiophene rings is 1. The summed E-state index contributed by atoms with van der Waals surface area (Å²) in [5.41, 5.74) is 0. The molecule has 3 heteroatoms. The van der Waals surface area contributed by atoms with Crippen LogP contribution in [0.4, 0.5) is 0 Å². The summed E-state index contributed by atoms with van der Waals surface area (Å²) < 4.78 is 0. The van der Waals surface area contributed by atoms with Gasteiger partial charge in [0.25, 0.3) is 0 Å². The van der Waals surface area contributed by atoms with Gasteiger partial charge in [-0.25, -0.2) is 0 Å². The number of piperidine rings is 1. The third-order valence-corrected chi connectivity index (χ3v) is 4.70. The molecule has 1 aliphatic heterocycles. The number of nitrogens with zero attached hydrogens (tertiary/aromatic N) is 1. The van der Waals surface area contributed by atoms with Crippen molar-refractivity contribution in [1.82, 2.24) is 10.2 Å². The van der Waals surface area contributed by atoms with Crippen molar-refractivity contribution in [2.75, 3.05) is 33.2 Å². The lowest BCUT2D eigenvalue weighted by molar-refractivity contribution is 0.181. The van der Waals surface area contributed by atoms with E-state index >= 15 is 0 Å². The molecule has 0 bridgehead atoms. The van der Waals surface area contributed by atoms with Gasteiger partial charge < -0.3 is 10.2 Å². The molecule has 96 valence electrons. The molecule has 2 heterocycles. The van der Waals surface area contributed by atoms with E-state index < -0.39 is 0 Å². The second kappa shape index (κ2) is 7.14. The Kier molecular flexibility index (Phi) is 5.49. The van der Waals surface area contributed by atoms with E-state index in [9.17, 15) is 0 Å². The molecule has 0 saturated carbocycles. The molecule has 0 radical (unpaired) electrons. The highest BCUT2D eigenvalue weighted by atomic mass is 32.1. The Morgan fingerprint density at radius 2 is 2.24 bits per heavy atom. The molecule has 0 aliphatic carbocycles. The van der Waals surface area contributed by atoms with Crippen LogP contribution in [-0.2, 0) is 6.42 Å². The Bertz CT molecular complexity index is 289. The van der Waals surface area contributed by atoms with Crippen molar-refractivity contribution in [1.29, 1.82) is 0 Å². The molecule has 1 aliphatic rings. The van der Waals surface area contributed by atoms with Crippen LogP contribution in [0.2, 0.25) is 0 Å². The highest BCUT2D eigenvalue weighted by Gasteiger charge is 2.18. The second-order valence-electron chi connectivity index (χ2n) is 5.01. The van der Waals surface area contributed by atoms with Gasteiger partial charge >= 0.3 is 0 Å². The predicted molar refractivity (Wildman–Crippen MR) is 75.7 cm³/mol. The summed E-state index contributed by atoms with van der Waals surface area (Å²) in [7, 11) is 2.05. The van der Waals surface area contributed by atoms with Crippen LogP contribution >= 0.6 is 11.3 Å². The maximum absolute atomic E-state index is 3.26. The Hall–Kier alpha value is -0.380.